The van der Waals surface area contributed by atoms with Gasteiger partial charge in [0.15, 0.2) is 5.13 Å². The number of fused-ring (bicyclic) bond motifs is 1. The number of carbonyl (C=O) groups is 1. The van der Waals surface area contributed by atoms with E-state index in [4.69, 9.17) is 11.6 Å². The molecule has 0 saturated heterocycles. The number of benzene rings is 2. The third-order valence-corrected chi connectivity index (χ3v) is 5.50. The van der Waals surface area contributed by atoms with E-state index in [0.717, 1.165) is 21.5 Å². The summed E-state index contributed by atoms with van der Waals surface area (Å²) in [5, 5.41) is 1.17. The van der Waals surface area contributed by atoms with Gasteiger partial charge in [-0.1, -0.05) is 29.0 Å². The van der Waals surface area contributed by atoms with Crippen LogP contribution in [0, 0.1) is 12.7 Å². The van der Waals surface area contributed by atoms with Gasteiger partial charge in [0.05, 0.1) is 22.5 Å². The molecule has 4 nitrogen and oxygen atoms in total. The number of pyridine rings is 1. The van der Waals surface area contributed by atoms with Gasteiger partial charge in [0.2, 0.25) is 0 Å². The zero-order valence-electron chi connectivity index (χ0n) is 14.9. The van der Waals surface area contributed by atoms with E-state index in [1.165, 1.54) is 35.6 Å². The lowest BCUT2D eigenvalue weighted by molar-refractivity contribution is 0.0985. The van der Waals surface area contributed by atoms with Crippen molar-refractivity contribution in [3.8, 4) is 0 Å². The normalized spacial score (nSPS) is 11.0. The molecule has 0 atom stereocenters. The highest BCUT2D eigenvalue weighted by Crippen LogP contribution is 2.34. The van der Waals surface area contributed by atoms with Crippen molar-refractivity contribution >= 4 is 44.2 Å². The van der Waals surface area contributed by atoms with Crippen LogP contribution in [-0.2, 0) is 6.54 Å². The molecular weight excluding hydrogens is 397 g/mol. The minimum atomic E-state index is -0.391. The Kier molecular flexibility index (Phi) is 5.07. The fraction of sp³-hybridized carbons (Fsp3) is 0.0952. The predicted molar refractivity (Wildman–Crippen MR) is 111 cm³/mol. The summed E-state index contributed by atoms with van der Waals surface area (Å²) >= 11 is 7.56. The van der Waals surface area contributed by atoms with Crippen molar-refractivity contribution in [1.29, 1.82) is 0 Å². The fourth-order valence-corrected chi connectivity index (χ4v) is 4.30. The summed E-state index contributed by atoms with van der Waals surface area (Å²) in [6, 6.07) is 14.7. The molecule has 4 aromatic rings. The summed E-state index contributed by atoms with van der Waals surface area (Å²) in [6.45, 7) is 2.19. The zero-order chi connectivity index (χ0) is 19.7. The van der Waals surface area contributed by atoms with Gasteiger partial charge in [-0.25, -0.2) is 9.37 Å². The van der Waals surface area contributed by atoms with Crippen molar-refractivity contribution in [2.75, 3.05) is 4.90 Å². The van der Waals surface area contributed by atoms with Gasteiger partial charge in [0.1, 0.15) is 5.82 Å². The molecule has 1 amide bonds. The Balaban J connectivity index is 1.79. The molecule has 0 aliphatic carbocycles. The van der Waals surface area contributed by atoms with Crippen LogP contribution in [0.3, 0.4) is 0 Å². The molecule has 0 aliphatic rings. The SMILES string of the molecule is Cc1cc(Cl)cc2sc(N(Cc3ccccn3)C(=O)c3ccc(F)cc3)nc12. The number of carbonyl (C=O) groups excluding carboxylic acids is 1. The van der Waals surface area contributed by atoms with Crippen LogP contribution >= 0.6 is 22.9 Å². The highest BCUT2D eigenvalue weighted by Gasteiger charge is 2.23. The van der Waals surface area contributed by atoms with E-state index >= 15 is 0 Å². The molecule has 28 heavy (non-hydrogen) atoms. The van der Waals surface area contributed by atoms with Crippen molar-refractivity contribution in [3.05, 3.63) is 88.5 Å². The molecule has 7 heteroatoms. The van der Waals surface area contributed by atoms with Crippen LogP contribution in [0.4, 0.5) is 9.52 Å². The van der Waals surface area contributed by atoms with Crippen LogP contribution in [-0.4, -0.2) is 15.9 Å². The lowest BCUT2D eigenvalue weighted by Gasteiger charge is -2.19. The Morgan fingerprint density at radius 3 is 2.68 bits per heavy atom. The van der Waals surface area contributed by atoms with E-state index in [1.54, 1.807) is 11.1 Å². The Morgan fingerprint density at radius 2 is 1.96 bits per heavy atom. The van der Waals surface area contributed by atoms with Crippen molar-refractivity contribution in [3.63, 3.8) is 0 Å². The predicted octanol–water partition coefficient (Wildman–Crippen LogP) is 5.64. The van der Waals surface area contributed by atoms with Crippen molar-refractivity contribution in [2.24, 2.45) is 0 Å². The largest absolute Gasteiger partial charge is 0.278 e. The number of aryl methyl sites for hydroxylation is 1. The number of rotatable bonds is 4. The number of amides is 1. The Morgan fingerprint density at radius 1 is 1.18 bits per heavy atom. The van der Waals surface area contributed by atoms with E-state index in [2.05, 4.69) is 9.97 Å². The topological polar surface area (TPSA) is 46.1 Å². The smallest absolute Gasteiger partial charge is 0.260 e. The maximum absolute atomic E-state index is 13.3. The molecule has 2 aromatic heterocycles. The monoisotopic (exact) mass is 411 g/mol. The molecule has 0 bridgehead atoms. The molecular formula is C21H15ClFN3OS. The van der Waals surface area contributed by atoms with Gasteiger partial charge in [-0.15, -0.1) is 0 Å². The van der Waals surface area contributed by atoms with E-state index in [1.807, 2.05) is 37.3 Å². The molecule has 0 N–H and O–H groups in total. The van der Waals surface area contributed by atoms with Crippen molar-refractivity contribution in [1.82, 2.24) is 9.97 Å². The molecule has 0 spiro atoms. The lowest BCUT2D eigenvalue weighted by Crippen LogP contribution is -2.30. The first-order valence-corrected chi connectivity index (χ1v) is 9.75. The number of hydrogen-bond donors (Lipinski definition) is 0. The summed E-state index contributed by atoms with van der Waals surface area (Å²) < 4.78 is 14.2. The maximum Gasteiger partial charge on any atom is 0.260 e. The fourth-order valence-electron chi connectivity index (χ4n) is 2.89. The van der Waals surface area contributed by atoms with Crippen LogP contribution in [0.25, 0.3) is 10.2 Å². The van der Waals surface area contributed by atoms with Gasteiger partial charge in [-0.2, -0.15) is 0 Å². The van der Waals surface area contributed by atoms with E-state index in [-0.39, 0.29) is 12.5 Å². The molecule has 0 saturated carbocycles. The summed E-state index contributed by atoms with van der Waals surface area (Å²) in [6.07, 6.45) is 1.68. The number of hydrogen-bond acceptors (Lipinski definition) is 4. The Bertz CT molecular complexity index is 1150. The molecule has 140 valence electrons. The Labute approximate surface area is 170 Å². The van der Waals surface area contributed by atoms with Crippen LogP contribution in [0.15, 0.2) is 60.8 Å². The van der Waals surface area contributed by atoms with Gasteiger partial charge in [0.25, 0.3) is 5.91 Å². The molecule has 0 radical (unpaired) electrons. The first kappa shape index (κ1) is 18.5. The molecule has 4 rings (SSSR count). The third kappa shape index (κ3) is 3.74. The summed E-state index contributed by atoms with van der Waals surface area (Å²) in [5.41, 5.74) is 2.86. The van der Waals surface area contributed by atoms with Gasteiger partial charge in [-0.3, -0.25) is 14.7 Å². The highest BCUT2D eigenvalue weighted by molar-refractivity contribution is 7.22. The van der Waals surface area contributed by atoms with E-state index in [0.29, 0.717) is 15.7 Å². The maximum atomic E-state index is 13.3. The van der Waals surface area contributed by atoms with Gasteiger partial charge in [0, 0.05) is 16.8 Å². The number of halogens is 2. The van der Waals surface area contributed by atoms with E-state index in [9.17, 15) is 9.18 Å². The van der Waals surface area contributed by atoms with Crippen molar-refractivity contribution < 1.29 is 9.18 Å². The number of aromatic nitrogens is 2. The first-order valence-electron chi connectivity index (χ1n) is 8.55. The lowest BCUT2D eigenvalue weighted by atomic mass is 10.2. The van der Waals surface area contributed by atoms with Crippen LogP contribution in [0.5, 0.6) is 0 Å². The van der Waals surface area contributed by atoms with Gasteiger partial charge >= 0.3 is 0 Å². The zero-order valence-corrected chi connectivity index (χ0v) is 16.5. The molecule has 0 aliphatic heterocycles. The second-order valence-electron chi connectivity index (χ2n) is 6.29. The molecule has 0 fully saturated rings. The molecule has 0 unspecified atom stereocenters. The standard InChI is InChI=1S/C21H15ClFN3OS/c1-13-10-15(22)11-18-19(13)25-21(28-18)26(12-17-4-2-3-9-24-17)20(27)14-5-7-16(23)8-6-14/h2-11H,12H2,1H3. The number of anilines is 1. The second kappa shape index (κ2) is 7.66. The Hall–Kier alpha value is -2.83. The number of nitrogens with zero attached hydrogens (tertiary/aromatic N) is 3. The van der Waals surface area contributed by atoms with Crippen LogP contribution in [0.1, 0.15) is 21.6 Å². The number of thiazole rings is 1. The van der Waals surface area contributed by atoms with E-state index < -0.39 is 5.82 Å². The van der Waals surface area contributed by atoms with Crippen LogP contribution < -0.4 is 4.90 Å². The summed E-state index contributed by atoms with van der Waals surface area (Å²) in [7, 11) is 0. The molecule has 2 aromatic carbocycles. The average molecular weight is 412 g/mol. The summed E-state index contributed by atoms with van der Waals surface area (Å²) in [5.74, 6) is -0.661. The minimum absolute atomic E-state index is 0.254. The van der Waals surface area contributed by atoms with Crippen molar-refractivity contribution in [2.45, 2.75) is 13.5 Å². The first-order chi connectivity index (χ1) is 13.5. The minimum Gasteiger partial charge on any atom is -0.278 e. The average Bonchev–Trinajstić information content (AvgIpc) is 3.11. The molecule has 2 heterocycles. The quantitative estimate of drug-likeness (QED) is 0.436. The third-order valence-electron chi connectivity index (χ3n) is 4.25. The second-order valence-corrected chi connectivity index (χ2v) is 7.73. The summed E-state index contributed by atoms with van der Waals surface area (Å²) in [4.78, 5) is 23.8. The van der Waals surface area contributed by atoms with Gasteiger partial charge < -0.3 is 0 Å². The van der Waals surface area contributed by atoms with Crippen LogP contribution in [0.2, 0.25) is 5.02 Å². The highest BCUT2D eigenvalue weighted by atomic mass is 35.5. The van der Waals surface area contributed by atoms with Gasteiger partial charge in [-0.05, 0) is 61.0 Å².